The smallest absolute Gasteiger partial charge is 0.337 e. The summed E-state index contributed by atoms with van der Waals surface area (Å²) in [6.45, 7) is 0. The number of nitrogens with zero attached hydrogens (tertiary/aromatic N) is 2. The number of ketones is 1. The van der Waals surface area contributed by atoms with Gasteiger partial charge in [-0.15, -0.1) is 0 Å². The molecule has 0 bridgehead atoms. The van der Waals surface area contributed by atoms with E-state index in [0.29, 0.717) is 5.52 Å². The van der Waals surface area contributed by atoms with Gasteiger partial charge in [-0.3, -0.25) is 9.20 Å². The summed E-state index contributed by atoms with van der Waals surface area (Å²) in [7, 11) is 0. The van der Waals surface area contributed by atoms with E-state index in [4.69, 9.17) is 15.9 Å². The van der Waals surface area contributed by atoms with Crippen LogP contribution in [0.1, 0.15) is 36.9 Å². The van der Waals surface area contributed by atoms with E-state index in [0.717, 1.165) is 0 Å². The number of carbonyl (C=O) groups excluding carboxylic acids is 1. The van der Waals surface area contributed by atoms with Crippen molar-refractivity contribution in [2.24, 2.45) is 0 Å². The van der Waals surface area contributed by atoms with Crippen LogP contribution in [-0.4, -0.2) is 37.3 Å². The lowest BCUT2D eigenvalue weighted by atomic mass is 10.1. The number of carboxylic acids is 2. The van der Waals surface area contributed by atoms with Crippen molar-refractivity contribution in [2.75, 3.05) is 5.73 Å². The first-order valence-electron chi connectivity index (χ1n) is 6.76. The van der Waals surface area contributed by atoms with Crippen molar-refractivity contribution in [1.29, 1.82) is 0 Å². The molecule has 0 radical (unpaired) electrons. The number of fused-ring (bicyclic) bond motifs is 1. The van der Waals surface area contributed by atoms with Gasteiger partial charge < -0.3 is 15.9 Å². The molecule has 0 aliphatic carbocycles. The zero-order chi connectivity index (χ0) is 17.4. The van der Waals surface area contributed by atoms with E-state index in [1.54, 1.807) is 0 Å². The molecule has 0 aliphatic rings. The lowest BCUT2D eigenvalue weighted by molar-refractivity contribution is 0.0686. The van der Waals surface area contributed by atoms with Gasteiger partial charge in [0.15, 0.2) is 5.82 Å². The third kappa shape index (κ3) is 2.45. The van der Waals surface area contributed by atoms with Crippen LogP contribution in [0.2, 0.25) is 0 Å². The summed E-state index contributed by atoms with van der Waals surface area (Å²) in [5.41, 5.74) is 6.06. The molecule has 1 aromatic carbocycles. The maximum absolute atomic E-state index is 12.6. The van der Waals surface area contributed by atoms with Gasteiger partial charge in [0.2, 0.25) is 5.78 Å². The van der Waals surface area contributed by atoms with Crippen LogP contribution in [0.3, 0.4) is 0 Å². The van der Waals surface area contributed by atoms with Crippen LogP contribution < -0.4 is 5.73 Å². The molecule has 0 saturated carbocycles. The van der Waals surface area contributed by atoms with Gasteiger partial charge in [-0.25, -0.2) is 14.6 Å². The van der Waals surface area contributed by atoms with Gasteiger partial charge in [0.1, 0.15) is 0 Å². The van der Waals surface area contributed by atoms with Crippen molar-refractivity contribution in [3.63, 3.8) is 0 Å². The fraction of sp³-hybridized carbons (Fsp3) is 0. The lowest BCUT2D eigenvalue weighted by Crippen LogP contribution is -2.11. The van der Waals surface area contributed by atoms with Gasteiger partial charge in [0.05, 0.1) is 22.8 Å². The number of aromatic carboxylic acids is 2. The van der Waals surface area contributed by atoms with E-state index >= 15 is 0 Å². The van der Waals surface area contributed by atoms with Crippen LogP contribution >= 0.6 is 0 Å². The molecule has 0 saturated heterocycles. The summed E-state index contributed by atoms with van der Waals surface area (Å²) in [5.74, 6) is -2.94. The molecule has 120 valence electrons. The van der Waals surface area contributed by atoms with Crippen LogP contribution in [0.4, 0.5) is 5.69 Å². The van der Waals surface area contributed by atoms with E-state index in [2.05, 4.69) is 4.98 Å². The quantitative estimate of drug-likeness (QED) is 0.489. The Morgan fingerprint density at radius 3 is 2.38 bits per heavy atom. The minimum Gasteiger partial charge on any atom is -0.478 e. The highest BCUT2D eigenvalue weighted by molar-refractivity contribution is 6.09. The molecule has 3 rings (SSSR count). The van der Waals surface area contributed by atoms with Gasteiger partial charge in [0, 0.05) is 17.4 Å². The summed E-state index contributed by atoms with van der Waals surface area (Å²) >= 11 is 0. The zero-order valence-electron chi connectivity index (χ0n) is 12.1. The standard InChI is InChI=1S/C16H11N3O5/c17-12-4-2-8(5-11(12)16(23)24)13(20)14-18-6-10-3-1-9(15(21)22)7-19(10)14/h1-7H,17H2,(H,21,22)(H,23,24). The molecule has 0 aliphatic heterocycles. The van der Waals surface area contributed by atoms with E-state index < -0.39 is 17.7 Å². The Hall–Kier alpha value is -3.68. The van der Waals surface area contributed by atoms with Crippen molar-refractivity contribution in [3.05, 3.63) is 65.2 Å². The van der Waals surface area contributed by atoms with Crippen molar-refractivity contribution >= 4 is 28.9 Å². The number of hydrogen-bond acceptors (Lipinski definition) is 5. The molecule has 24 heavy (non-hydrogen) atoms. The largest absolute Gasteiger partial charge is 0.478 e. The minimum atomic E-state index is -1.25. The number of anilines is 1. The minimum absolute atomic E-state index is 0.00178. The fourth-order valence-electron chi connectivity index (χ4n) is 2.30. The maximum Gasteiger partial charge on any atom is 0.337 e. The highest BCUT2D eigenvalue weighted by Gasteiger charge is 2.19. The maximum atomic E-state index is 12.6. The number of imidazole rings is 1. The normalized spacial score (nSPS) is 10.7. The third-order valence-electron chi connectivity index (χ3n) is 3.52. The highest BCUT2D eigenvalue weighted by Crippen LogP contribution is 2.18. The second kappa shape index (κ2) is 5.51. The fourth-order valence-corrected chi connectivity index (χ4v) is 2.30. The molecular formula is C16H11N3O5. The number of rotatable bonds is 4. The molecule has 8 heteroatoms. The van der Waals surface area contributed by atoms with Crippen LogP contribution in [0, 0.1) is 0 Å². The van der Waals surface area contributed by atoms with Gasteiger partial charge in [0.25, 0.3) is 0 Å². The second-order valence-corrected chi connectivity index (χ2v) is 5.04. The summed E-state index contributed by atoms with van der Waals surface area (Å²) in [6.07, 6.45) is 2.71. The molecule has 0 unspecified atom stereocenters. The summed E-state index contributed by atoms with van der Waals surface area (Å²) < 4.78 is 1.35. The number of hydrogen-bond donors (Lipinski definition) is 3. The molecule has 0 fully saturated rings. The van der Waals surface area contributed by atoms with Crippen LogP contribution in [0.15, 0.2) is 42.7 Å². The second-order valence-electron chi connectivity index (χ2n) is 5.04. The number of benzene rings is 1. The predicted octanol–water partition coefficient (Wildman–Crippen LogP) is 1.54. The molecule has 3 aromatic rings. The summed E-state index contributed by atoms with van der Waals surface area (Å²) in [4.78, 5) is 38.8. The molecule has 4 N–H and O–H groups in total. The van der Waals surface area contributed by atoms with E-state index in [1.807, 2.05) is 0 Å². The third-order valence-corrected chi connectivity index (χ3v) is 3.52. The number of pyridine rings is 1. The SMILES string of the molecule is Nc1ccc(C(=O)c2ncc3ccc(C(=O)O)cn23)cc1C(=O)O. The van der Waals surface area contributed by atoms with Gasteiger partial charge in [-0.05, 0) is 30.3 Å². The van der Waals surface area contributed by atoms with Crippen molar-refractivity contribution < 1.29 is 24.6 Å². The Bertz CT molecular complexity index is 1010. The van der Waals surface area contributed by atoms with Crippen molar-refractivity contribution in [3.8, 4) is 0 Å². The first kappa shape index (κ1) is 15.2. The van der Waals surface area contributed by atoms with Gasteiger partial charge >= 0.3 is 11.9 Å². The Morgan fingerprint density at radius 1 is 1.00 bits per heavy atom. The molecule has 0 amide bonds. The number of carboxylic acid groups (broad SMARTS) is 2. The first-order valence-corrected chi connectivity index (χ1v) is 6.76. The average Bonchev–Trinajstić information content (AvgIpc) is 2.97. The van der Waals surface area contributed by atoms with Crippen LogP contribution in [-0.2, 0) is 0 Å². The molecule has 0 atom stereocenters. The zero-order valence-corrected chi connectivity index (χ0v) is 12.1. The molecule has 8 nitrogen and oxygen atoms in total. The van der Waals surface area contributed by atoms with Gasteiger partial charge in [-0.2, -0.15) is 0 Å². The number of nitrogen functional groups attached to an aromatic ring is 1. The van der Waals surface area contributed by atoms with Crippen LogP contribution in [0.5, 0.6) is 0 Å². The summed E-state index contributed by atoms with van der Waals surface area (Å²) in [5, 5.41) is 18.2. The molecule has 0 spiro atoms. The topological polar surface area (TPSA) is 135 Å². The monoisotopic (exact) mass is 325 g/mol. The first-order chi connectivity index (χ1) is 11.4. The Balaban J connectivity index is 2.12. The summed E-state index contributed by atoms with van der Waals surface area (Å²) in [6, 6.07) is 6.82. The van der Waals surface area contributed by atoms with Crippen LogP contribution in [0.25, 0.3) is 5.52 Å². The molecular weight excluding hydrogens is 314 g/mol. The van der Waals surface area contributed by atoms with Crippen molar-refractivity contribution in [2.45, 2.75) is 0 Å². The lowest BCUT2D eigenvalue weighted by Gasteiger charge is -2.05. The van der Waals surface area contributed by atoms with E-state index in [-0.39, 0.29) is 28.2 Å². The van der Waals surface area contributed by atoms with Crippen molar-refractivity contribution in [1.82, 2.24) is 9.38 Å². The van der Waals surface area contributed by atoms with Gasteiger partial charge in [-0.1, -0.05) is 0 Å². The molecule has 2 aromatic heterocycles. The Kier molecular flexibility index (Phi) is 3.49. The number of aromatic nitrogens is 2. The van der Waals surface area contributed by atoms with E-state index in [1.165, 1.54) is 47.1 Å². The average molecular weight is 325 g/mol. The Morgan fingerprint density at radius 2 is 1.71 bits per heavy atom. The molecule has 2 heterocycles. The predicted molar refractivity (Wildman–Crippen MR) is 83.4 cm³/mol. The number of carbonyl (C=O) groups is 3. The van der Waals surface area contributed by atoms with E-state index in [9.17, 15) is 14.4 Å². The number of nitrogens with two attached hydrogens (primary N) is 1. The Labute approximate surface area is 134 Å². The highest BCUT2D eigenvalue weighted by atomic mass is 16.4.